The Kier molecular flexibility index (Phi) is 5.91. The van der Waals surface area contributed by atoms with Gasteiger partial charge in [0.25, 0.3) is 0 Å². The van der Waals surface area contributed by atoms with Gasteiger partial charge in [0, 0.05) is 12.0 Å². The van der Waals surface area contributed by atoms with Crippen molar-refractivity contribution in [1.29, 1.82) is 0 Å². The molecule has 32 heavy (non-hydrogen) atoms. The Morgan fingerprint density at radius 1 is 1.16 bits per heavy atom. The van der Waals surface area contributed by atoms with Crippen LogP contribution in [0.4, 0.5) is 13.2 Å². The van der Waals surface area contributed by atoms with Gasteiger partial charge in [0.15, 0.2) is 0 Å². The SMILES string of the molecule is CC(C)c1cc2c(c(C3=CCCC3)c1Cc1ccc(C(F)(F)F)cc1)C(O)CC(C)(C)O2. The largest absolute Gasteiger partial charge is 0.487 e. The number of aliphatic hydroxyl groups is 1. The van der Waals surface area contributed by atoms with Gasteiger partial charge in [-0.05, 0) is 91.5 Å². The van der Waals surface area contributed by atoms with E-state index >= 15 is 0 Å². The number of hydrogen-bond acceptors (Lipinski definition) is 2. The fourth-order valence-electron chi connectivity index (χ4n) is 5.04. The second kappa shape index (κ2) is 8.26. The van der Waals surface area contributed by atoms with Crippen LogP contribution in [0.25, 0.3) is 5.57 Å². The molecule has 1 N–H and O–H groups in total. The van der Waals surface area contributed by atoms with Crippen LogP contribution in [0.5, 0.6) is 5.75 Å². The van der Waals surface area contributed by atoms with Gasteiger partial charge in [-0.3, -0.25) is 0 Å². The van der Waals surface area contributed by atoms with Crippen molar-refractivity contribution < 1.29 is 23.0 Å². The molecule has 1 aliphatic carbocycles. The zero-order valence-electron chi connectivity index (χ0n) is 19.1. The number of allylic oxidation sites excluding steroid dienone is 2. The number of ether oxygens (including phenoxy) is 1. The standard InChI is InChI=1S/C27H31F3O2/c1-16(2)20-14-23-25(22(31)15-26(3,4)32-23)24(18-7-5-6-8-18)21(20)13-17-9-11-19(12-10-17)27(28,29)30/h7,9-12,14,16,22,31H,5-6,8,13,15H2,1-4H3. The molecule has 2 nitrogen and oxygen atoms in total. The number of alkyl halides is 3. The van der Waals surface area contributed by atoms with Crippen LogP contribution >= 0.6 is 0 Å². The molecule has 0 saturated heterocycles. The summed E-state index contributed by atoms with van der Waals surface area (Å²) in [6, 6.07) is 7.47. The van der Waals surface area contributed by atoms with Crippen molar-refractivity contribution in [3.05, 3.63) is 69.8 Å². The molecule has 0 aromatic heterocycles. The number of benzene rings is 2. The van der Waals surface area contributed by atoms with E-state index in [0.29, 0.717) is 12.8 Å². The van der Waals surface area contributed by atoms with Gasteiger partial charge in [-0.1, -0.05) is 32.1 Å². The molecule has 0 radical (unpaired) electrons. The molecule has 5 heteroatoms. The van der Waals surface area contributed by atoms with Crippen LogP contribution < -0.4 is 4.74 Å². The molecule has 172 valence electrons. The smallest absolute Gasteiger partial charge is 0.416 e. The highest BCUT2D eigenvalue weighted by molar-refractivity contribution is 5.77. The fraction of sp³-hybridized carbons (Fsp3) is 0.481. The van der Waals surface area contributed by atoms with Crippen LogP contribution in [0.1, 0.15) is 98.8 Å². The minimum Gasteiger partial charge on any atom is -0.487 e. The number of aliphatic hydroxyl groups excluding tert-OH is 1. The third-order valence-electron chi connectivity index (χ3n) is 6.52. The van der Waals surface area contributed by atoms with E-state index in [1.165, 1.54) is 5.57 Å². The van der Waals surface area contributed by atoms with Crippen molar-refractivity contribution in [3.8, 4) is 5.75 Å². The Balaban J connectivity index is 1.88. The maximum Gasteiger partial charge on any atom is 0.416 e. The summed E-state index contributed by atoms with van der Waals surface area (Å²) in [5, 5.41) is 11.2. The van der Waals surface area contributed by atoms with Crippen molar-refractivity contribution in [2.24, 2.45) is 0 Å². The van der Waals surface area contributed by atoms with E-state index in [1.54, 1.807) is 12.1 Å². The van der Waals surface area contributed by atoms with Crippen molar-refractivity contribution in [1.82, 2.24) is 0 Å². The molecule has 2 aromatic rings. The highest BCUT2D eigenvalue weighted by Gasteiger charge is 2.37. The summed E-state index contributed by atoms with van der Waals surface area (Å²) < 4.78 is 45.4. The third kappa shape index (κ3) is 4.45. The monoisotopic (exact) mass is 444 g/mol. The molecule has 1 heterocycles. The average Bonchev–Trinajstić information content (AvgIpc) is 3.21. The zero-order valence-corrected chi connectivity index (χ0v) is 19.1. The molecule has 0 spiro atoms. The van der Waals surface area contributed by atoms with Crippen molar-refractivity contribution in [2.75, 3.05) is 0 Å². The van der Waals surface area contributed by atoms with E-state index in [9.17, 15) is 18.3 Å². The minimum atomic E-state index is -4.35. The van der Waals surface area contributed by atoms with E-state index in [-0.39, 0.29) is 5.92 Å². The molecule has 4 rings (SSSR count). The van der Waals surface area contributed by atoms with Crippen molar-refractivity contribution in [2.45, 2.75) is 83.6 Å². The highest BCUT2D eigenvalue weighted by Crippen LogP contribution is 2.48. The molecule has 1 aliphatic heterocycles. The molecule has 0 fully saturated rings. The number of rotatable bonds is 4. The van der Waals surface area contributed by atoms with Gasteiger partial charge >= 0.3 is 6.18 Å². The summed E-state index contributed by atoms with van der Waals surface area (Å²) in [7, 11) is 0. The van der Waals surface area contributed by atoms with E-state index in [4.69, 9.17) is 4.74 Å². The normalized spacial score (nSPS) is 20.2. The Morgan fingerprint density at radius 2 is 1.84 bits per heavy atom. The average molecular weight is 445 g/mol. The topological polar surface area (TPSA) is 29.5 Å². The summed E-state index contributed by atoms with van der Waals surface area (Å²) in [5.41, 5.74) is 5.04. The lowest BCUT2D eigenvalue weighted by atomic mass is 9.79. The van der Waals surface area contributed by atoms with Crippen LogP contribution in [0.2, 0.25) is 0 Å². The second-order valence-corrected chi connectivity index (χ2v) is 9.96. The first-order chi connectivity index (χ1) is 15.0. The Labute approximate surface area is 188 Å². The summed E-state index contributed by atoms with van der Waals surface area (Å²) in [4.78, 5) is 0. The van der Waals surface area contributed by atoms with Crippen LogP contribution in [-0.4, -0.2) is 10.7 Å². The number of hydrogen-bond donors (Lipinski definition) is 1. The molecular formula is C27H31F3O2. The first kappa shape index (κ1) is 22.9. The quantitative estimate of drug-likeness (QED) is 0.527. The Bertz CT molecular complexity index is 1030. The predicted molar refractivity (Wildman–Crippen MR) is 121 cm³/mol. The molecule has 0 bridgehead atoms. The molecule has 1 unspecified atom stereocenters. The van der Waals surface area contributed by atoms with E-state index in [0.717, 1.165) is 65.0 Å². The van der Waals surface area contributed by atoms with E-state index < -0.39 is 23.4 Å². The van der Waals surface area contributed by atoms with E-state index in [2.05, 4.69) is 19.9 Å². The Hall–Kier alpha value is -2.27. The van der Waals surface area contributed by atoms with Crippen LogP contribution in [0, 0.1) is 0 Å². The number of halogens is 3. The van der Waals surface area contributed by atoms with Gasteiger partial charge < -0.3 is 9.84 Å². The number of fused-ring (bicyclic) bond motifs is 1. The minimum absolute atomic E-state index is 0.205. The van der Waals surface area contributed by atoms with Gasteiger partial charge in [0.1, 0.15) is 11.4 Å². The van der Waals surface area contributed by atoms with Crippen molar-refractivity contribution in [3.63, 3.8) is 0 Å². The summed E-state index contributed by atoms with van der Waals surface area (Å²) in [5.74, 6) is 0.938. The summed E-state index contributed by atoms with van der Waals surface area (Å²) in [6.45, 7) is 8.21. The molecule has 2 aromatic carbocycles. The lowest BCUT2D eigenvalue weighted by molar-refractivity contribution is -0.137. The summed E-state index contributed by atoms with van der Waals surface area (Å²) >= 11 is 0. The fourth-order valence-corrected chi connectivity index (χ4v) is 5.04. The highest BCUT2D eigenvalue weighted by atomic mass is 19.4. The predicted octanol–water partition coefficient (Wildman–Crippen LogP) is 7.58. The first-order valence-corrected chi connectivity index (χ1v) is 11.4. The molecule has 0 saturated carbocycles. The van der Waals surface area contributed by atoms with Gasteiger partial charge in [-0.25, -0.2) is 0 Å². The summed E-state index contributed by atoms with van der Waals surface area (Å²) in [6.07, 6.45) is 1.27. The van der Waals surface area contributed by atoms with E-state index in [1.807, 2.05) is 19.9 Å². The maximum atomic E-state index is 13.0. The second-order valence-electron chi connectivity index (χ2n) is 9.96. The van der Waals surface area contributed by atoms with Crippen LogP contribution in [0.3, 0.4) is 0 Å². The Morgan fingerprint density at radius 3 is 2.41 bits per heavy atom. The van der Waals surface area contributed by atoms with Gasteiger partial charge in [-0.2, -0.15) is 13.2 Å². The van der Waals surface area contributed by atoms with Gasteiger partial charge in [-0.15, -0.1) is 0 Å². The molecule has 1 atom stereocenters. The molecular weight excluding hydrogens is 413 g/mol. The lowest BCUT2D eigenvalue weighted by Crippen LogP contribution is -2.35. The van der Waals surface area contributed by atoms with Crippen LogP contribution in [0.15, 0.2) is 36.4 Å². The third-order valence-corrected chi connectivity index (χ3v) is 6.52. The molecule has 2 aliphatic rings. The maximum absolute atomic E-state index is 13.0. The lowest BCUT2D eigenvalue weighted by Gasteiger charge is -2.38. The zero-order chi connectivity index (χ0) is 23.3. The van der Waals surface area contributed by atoms with Crippen LogP contribution in [-0.2, 0) is 12.6 Å². The van der Waals surface area contributed by atoms with Crippen molar-refractivity contribution >= 4 is 5.57 Å². The first-order valence-electron chi connectivity index (χ1n) is 11.4. The molecule has 0 amide bonds. The van der Waals surface area contributed by atoms with Gasteiger partial charge in [0.05, 0.1) is 11.7 Å². The van der Waals surface area contributed by atoms with Gasteiger partial charge in [0.2, 0.25) is 0 Å².